The summed E-state index contributed by atoms with van der Waals surface area (Å²) >= 11 is 0. The monoisotopic (exact) mass is 321 g/mol. The summed E-state index contributed by atoms with van der Waals surface area (Å²) in [6.07, 6.45) is 4.04. The quantitative estimate of drug-likeness (QED) is 0.909. The number of para-hydroxylation sites is 1. The zero-order valence-electron chi connectivity index (χ0n) is 13.0. The number of aromatic nitrogens is 1. The Morgan fingerprint density at radius 1 is 1.32 bits per heavy atom. The van der Waals surface area contributed by atoms with Gasteiger partial charge in [-0.15, -0.1) is 12.4 Å². The Bertz CT molecular complexity index is 617. The van der Waals surface area contributed by atoms with Gasteiger partial charge in [-0.1, -0.05) is 18.2 Å². The second-order valence-corrected chi connectivity index (χ2v) is 5.80. The lowest BCUT2D eigenvalue weighted by Gasteiger charge is -2.31. The summed E-state index contributed by atoms with van der Waals surface area (Å²) in [6, 6.07) is 8.42. The first-order chi connectivity index (χ1) is 10.3. The lowest BCUT2D eigenvalue weighted by Crippen LogP contribution is -2.40. The van der Waals surface area contributed by atoms with Gasteiger partial charge in [0.05, 0.1) is 0 Å². The molecule has 1 amide bonds. The van der Waals surface area contributed by atoms with Crippen LogP contribution in [0.1, 0.15) is 25.3 Å². The Hall–Kier alpha value is -1.52. The number of benzene rings is 1. The number of H-pyrrole nitrogens is 1. The van der Waals surface area contributed by atoms with Gasteiger partial charge in [0.15, 0.2) is 0 Å². The van der Waals surface area contributed by atoms with E-state index in [0.717, 1.165) is 39.0 Å². The van der Waals surface area contributed by atoms with Gasteiger partial charge in [-0.2, -0.15) is 0 Å². The van der Waals surface area contributed by atoms with Crippen LogP contribution in [-0.2, 0) is 11.3 Å². The van der Waals surface area contributed by atoms with E-state index in [4.69, 9.17) is 0 Å². The second-order valence-electron chi connectivity index (χ2n) is 5.80. The van der Waals surface area contributed by atoms with Crippen molar-refractivity contribution in [2.45, 2.75) is 26.3 Å². The molecule has 0 radical (unpaired) electrons. The number of halogens is 1. The maximum absolute atomic E-state index is 11.9. The first-order valence-electron chi connectivity index (χ1n) is 7.83. The number of carbonyl (C=O) groups is 1. The van der Waals surface area contributed by atoms with Crippen molar-refractivity contribution < 1.29 is 4.79 Å². The van der Waals surface area contributed by atoms with E-state index in [0.29, 0.717) is 0 Å². The minimum Gasteiger partial charge on any atom is -0.361 e. The summed E-state index contributed by atoms with van der Waals surface area (Å²) in [5, 5.41) is 4.25. The number of hydrogen-bond donors (Lipinski definition) is 2. The molecule has 3 rings (SSSR count). The molecule has 2 heterocycles. The molecular formula is C17H24ClN3O. The highest BCUT2D eigenvalue weighted by atomic mass is 35.5. The fourth-order valence-corrected chi connectivity index (χ4v) is 3.18. The van der Waals surface area contributed by atoms with E-state index in [1.54, 1.807) is 0 Å². The van der Waals surface area contributed by atoms with Crippen molar-refractivity contribution in [3.63, 3.8) is 0 Å². The van der Waals surface area contributed by atoms with Crippen molar-refractivity contribution in [1.29, 1.82) is 0 Å². The van der Waals surface area contributed by atoms with Gasteiger partial charge in [-0.25, -0.2) is 0 Å². The molecule has 1 aliphatic rings. The van der Waals surface area contributed by atoms with E-state index in [-0.39, 0.29) is 24.2 Å². The van der Waals surface area contributed by atoms with Crippen LogP contribution < -0.4 is 5.32 Å². The van der Waals surface area contributed by atoms with Crippen molar-refractivity contribution >= 4 is 29.2 Å². The van der Waals surface area contributed by atoms with E-state index in [1.807, 2.05) is 6.92 Å². The second kappa shape index (κ2) is 7.65. The van der Waals surface area contributed by atoms with Crippen LogP contribution in [0.4, 0.5) is 0 Å². The van der Waals surface area contributed by atoms with Gasteiger partial charge in [-0.3, -0.25) is 9.69 Å². The highest BCUT2D eigenvalue weighted by Gasteiger charge is 2.24. The Kier molecular flexibility index (Phi) is 5.86. The molecule has 1 saturated heterocycles. The summed E-state index contributed by atoms with van der Waals surface area (Å²) in [6.45, 7) is 5.67. The third-order valence-corrected chi connectivity index (χ3v) is 4.38. The molecule has 2 aromatic rings. The first-order valence-corrected chi connectivity index (χ1v) is 7.83. The number of fused-ring (bicyclic) bond motifs is 1. The van der Waals surface area contributed by atoms with Crippen LogP contribution in [0.3, 0.4) is 0 Å². The smallest absolute Gasteiger partial charge is 0.223 e. The zero-order valence-corrected chi connectivity index (χ0v) is 13.8. The van der Waals surface area contributed by atoms with Crippen LogP contribution in [0.25, 0.3) is 10.9 Å². The van der Waals surface area contributed by atoms with Crippen LogP contribution in [0, 0.1) is 5.92 Å². The minimum atomic E-state index is 0. The molecule has 0 atom stereocenters. The van der Waals surface area contributed by atoms with Crippen LogP contribution in [0.5, 0.6) is 0 Å². The first kappa shape index (κ1) is 16.8. The van der Waals surface area contributed by atoms with Crippen molar-refractivity contribution in [1.82, 2.24) is 15.2 Å². The van der Waals surface area contributed by atoms with E-state index in [9.17, 15) is 4.79 Å². The number of aromatic amines is 1. The highest BCUT2D eigenvalue weighted by molar-refractivity contribution is 5.85. The van der Waals surface area contributed by atoms with Crippen molar-refractivity contribution in [3.05, 3.63) is 36.0 Å². The summed E-state index contributed by atoms with van der Waals surface area (Å²) in [5.41, 5.74) is 2.55. The molecule has 1 aliphatic heterocycles. The number of amides is 1. The summed E-state index contributed by atoms with van der Waals surface area (Å²) < 4.78 is 0. The molecular weight excluding hydrogens is 298 g/mol. The molecule has 0 unspecified atom stereocenters. The third kappa shape index (κ3) is 3.62. The maximum atomic E-state index is 11.9. The van der Waals surface area contributed by atoms with Crippen LogP contribution in [0.15, 0.2) is 30.5 Å². The molecule has 1 aromatic heterocycles. The number of likely N-dealkylation sites (tertiary alicyclic amines) is 1. The van der Waals surface area contributed by atoms with Gasteiger partial charge in [0.1, 0.15) is 0 Å². The average Bonchev–Trinajstić information content (AvgIpc) is 2.92. The van der Waals surface area contributed by atoms with Gasteiger partial charge in [0, 0.05) is 36.1 Å². The average molecular weight is 322 g/mol. The molecule has 120 valence electrons. The number of carbonyl (C=O) groups excluding carboxylic acids is 1. The molecule has 1 fully saturated rings. The fourth-order valence-electron chi connectivity index (χ4n) is 3.18. The van der Waals surface area contributed by atoms with E-state index < -0.39 is 0 Å². The van der Waals surface area contributed by atoms with Gasteiger partial charge in [-0.05, 0) is 44.5 Å². The van der Waals surface area contributed by atoms with Gasteiger partial charge in [0.2, 0.25) is 5.91 Å². The normalized spacial score (nSPS) is 16.4. The van der Waals surface area contributed by atoms with E-state index in [2.05, 4.69) is 45.7 Å². The largest absolute Gasteiger partial charge is 0.361 e. The lowest BCUT2D eigenvalue weighted by molar-refractivity contribution is -0.126. The molecule has 0 bridgehead atoms. The highest BCUT2D eigenvalue weighted by Crippen LogP contribution is 2.23. The number of nitrogens with zero attached hydrogens (tertiary/aromatic N) is 1. The van der Waals surface area contributed by atoms with Gasteiger partial charge in [0.25, 0.3) is 0 Å². The van der Waals surface area contributed by atoms with Crippen molar-refractivity contribution in [2.24, 2.45) is 5.92 Å². The molecule has 4 nitrogen and oxygen atoms in total. The van der Waals surface area contributed by atoms with Gasteiger partial charge < -0.3 is 10.3 Å². The predicted molar refractivity (Wildman–Crippen MR) is 92.2 cm³/mol. The number of hydrogen-bond acceptors (Lipinski definition) is 2. The number of piperidine rings is 1. The Balaban J connectivity index is 0.00000176. The van der Waals surface area contributed by atoms with Crippen LogP contribution >= 0.6 is 12.4 Å². The van der Waals surface area contributed by atoms with E-state index >= 15 is 0 Å². The molecule has 0 spiro atoms. The fraction of sp³-hybridized carbons (Fsp3) is 0.471. The number of rotatable bonds is 4. The van der Waals surface area contributed by atoms with Crippen LogP contribution in [-0.4, -0.2) is 35.4 Å². The van der Waals surface area contributed by atoms with Crippen LogP contribution in [0.2, 0.25) is 0 Å². The Morgan fingerprint density at radius 2 is 2.05 bits per heavy atom. The Morgan fingerprint density at radius 3 is 2.77 bits per heavy atom. The SMILES string of the molecule is CCNC(=O)C1CCN(Cc2c[nH]c3ccccc23)CC1.Cl. The topological polar surface area (TPSA) is 48.1 Å². The standard InChI is InChI=1S/C17H23N3O.ClH/c1-2-18-17(21)13-7-9-20(10-8-13)12-14-11-19-16-6-4-3-5-15(14)16;/h3-6,11,13,19H,2,7-10,12H2,1H3,(H,18,21);1H. The molecule has 0 saturated carbocycles. The van der Waals surface area contributed by atoms with E-state index in [1.165, 1.54) is 16.5 Å². The summed E-state index contributed by atoms with van der Waals surface area (Å²) in [5.74, 6) is 0.424. The lowest BCUT2D eigenvalue weighted by atomic mass is 9.95. The van der Waals surface area contributed by atoms with Crippen molar-refractivity contribution in [3.8, 4) is 0 Å². The summed E-state index contributed by atoms with van der Waals surface area (Å²) in [4.78, 5) is 17.6. The molecule has 5 heteroatoms. The Labute approximate surface area is 137 Å². The number of nitrogens with one attached hydrogen (secondary N) is 2. The zero-order chi connectivity index (χ0) is 14.7. The minimum absolute atomic E-state index is 0. The third-order valence-electron chi connectivity index (χ3n) is 4.38. The molecule has 0 aliphatic carbocycles. The van der Waals surface area contributed by atoms with Gasteiger partial charge >= 0.3 is 0 Å². The molecule has 1 aromatic carbocycles. The summed E-state index contributed by atoms with van der Waals surface area (Å²) in [7, 11) is 0. The maximum Gasteiger partial charge on any atom is 0.223 e. The molecule has 2 N–H and O–H groups in total. The van der Waals surface area contributed by atoms with Crippen molar-refractivity contribution in [2.75, 3.05) is 19.6 Å². The molecule has 22 heavy (non-hydrogen) atoms. The predicted octanol–water partition coefficient (Wildman–Crippen LogP) is 2.94.